The molecule has 1 amide bonds. The summed E-state index contributed by atoms with van der Waals surface area (Å²) in [4.78, 5) is 28.8. The third-order valence-corrected chi connectivity index (χ3v) is 4.96. The Balaban J connectivity index is 1.91. The first-order valence-electron chi connectivity index (χ1n) is 9.51. The Hall–Kier alpha value is -3.05. The van der Waals surface area contributed by atoms with Crippen LogP contribution >= 0.6 is 11.6 Å². The van der Waals surface area contributed by atoms with E-state index in [0.717, 1.165) is 29.1 Å². The summed E-state index contributed by atoms with van der Waals surface area (Å²) < 4.78 is 0. The van der Waals surface area contributed by atoms with Gasteiger partial charge in [-0.25, -0.2) is 0 Å². The van der Waals surface area contributed by atoms with Gasteiger partial charge in [-0.05, 0) is 44.0 Å². The molecule has 0 aliphatic heterocycles. The largest absolute Gasteiger partial charge is 0.385 e. The highest BCUT2D eigenvalue weighted by molar-refractivity contribution is 6.31. The number of nitrogens with one attached hydrogen (secondary N) is 3. The van der Waals surface area contributed by atoms with E-state index >= 15 is 0 Å². The number of hydrogen-bond donors (Lipinski definition) is 3. The molecule has 6 heteroatoms. The maximum absolute atomic E-state index is 12.9. The number of pyridine rings is 1. The molecule has 0 saturated carbocycles. The first-order chi connectivity index (χ1) is 13.9. The molecule has 0 atom stereocenters. The quantitative estimate of drug-likeness (QED) is 0.553. The first kappa shape index (κ1) is 20.7. The van der Waals surface area contributed by atoms with E-state index in [1.54, 1.807) is 18.2 Å². The Morgan fingerprint density at radius 2 is 1.83 bits per heavy atom. The van der Waals surface area contributed by atoms with Crippen molar-refractivity contribution < 1.29 is 4.79 Å². The molecule has 0 fully saturated rings. The first-order valence-corrected chi connectivity index (χ1v) is 9.89. The molecular weight excluding hydrogens is 386 g/mol. The normalized spacial score (nSPS) is 10.6. The van der Waals surface area contributed by atoms with Crippen molar-refractivity contribution >= 4 is 23.2 Å². The van der Waals surface area contributed by atoms with Crippen LogP contribution in [0.3, 0.4) is 0 Å². The Morgan fingerprint density at radius 1 is 1.10 bits per heavy atom. The molecule has 3 aromatic rings. The second-order valence-electron chi connectivity index (χ2n) is 6.88. The Kier molecular flexibility index (Phi) is 6.39. The Bertz CT molecular complexity index is 1090. The third-order valence-electron chi connectivity index (χ3n) is 4.74. The molecule has 0 saturated heterocycles. The molecule has 0 radical (unpaired) electrons. The Morgan fingerprint density at radius 3 is 2.52 bits per heavy atom. The number of halogens is 1. The number of anilines is 1. The van der Waals surface area contributed by atoms with Gasteiger partial charge < -0.3 is 15.6 Å². The highest BCUT2D eigenvalue weighted by Crippen LogP contribution is 2.25. The molecule has 1 aromatic heterocycles. The van der Waals surface area contributed by atoms with Crippen molar-refractivity contribution in [3.63, 3.8) is 0 Å². The second-order valence-corrected chi connectivity index (χ2v) is 7.31. The summed E-state index contributed by atoms with van der Waals surface area (Å²) in [5, 5.41) is 6.57. The molecule has 0 unspecified atom stereocenters. The number of aromatic nitrogens is 1. The minimum Gasteiger partial charge on any atom is -0.385 e. The number of carbonyl (C=O) groups is 1. The molecule has 1 heterocycles. The molecule has 150 valence electrons. The summed E-state index contributed by atoms with van der Waals surface area (Å²) in [5.41, 5.74) is 4.90. The van der Waals surface area contributed by atoms with E-state index in [0.29, 0.717) is 21.8 Å². The van der Waals surface area contributed by atoms with Gasteiger partial charge in [-0.2, -0.15) is 0 Å². The maximum Gasteiger partial charge on any atom is 0.251 e. The molecule has 3 N–H and O–H groups in total. The van der Waals surface area contributed by atoms with Crippen LogP contribution in [0.2, 0.25) is 5.02 Å². The summed E-state index contributed by atoms with van der Waals surface area (Å²) in [6.45, 7) is 6.53. The van der Waals surface area contributed by atoms with Crippen LogP contribution in [0.25, 0.3) is 11.3 Å². The third kappa shape index (κ3) is 4.69. The van der Waals surface area contributed by atoms with Gasteiger partial charge in [-0.3, -0.25) is 9.59 Å². The highest BCUT2D eigenvalue weighted by atomic mass is 35.5. The summed E-state index contributed by atoms with van der Waals surface area (Å²) in [6, 6.07) is 14.6. The number of amides is 1. The molecule has 29 heavy (non-hydrogen) atoms. The van der Waals surface area contributed by atoms with Gasteiger partial charge in [0.1, 0.15) is 0 Å². The van der Waals surface area contributed by atoms with Gasteiger partial charge in [0.15, 0.2) is 5.43 Å². The van der Waals surface area contributed by atoms with Gasteiger partial charge in [0.25, 0.3) is 5.91 Å². The number of H-pyrrole nitrogens is 1. The number of rotatable bonds is 6. The monoisotopic (exact) mass is 409 g/mol. The second kappa shape index (κ2) is 8.97. The number of aromatic amines is 1. The van der Waals surface area contributed by atoms with E-state index in [1.165, 1.54) is 0 Å². The van der Waals surface area contributed by atoms with Crippen molar-refractivity contribution in [3.8, 4) is 11.3 Å². The summed E-state index contributed by atoms with van der Waals surface area (Å²) in [6.07, 6.45) is 0. The maximum atomic E-state index is 12.9. The number of hydrogen-bond acceptors (Lipinski definition) is 3. The van der Waals surface area contributed by atoms with Crippen LogP contribution < -0.4 is 16.1 Å². The van der Waals surface area contributed by atoms with E-state index in [1.807, 2.05) is 51.1 Å². The minimum atomic E-state index is -0.275. The lowest BCUT2D eigenvalue weighted by Gasteiger charge is -2.15. The lowest BCUT2D eigenvalue weighted by atomic mass is 10.0. The van der Waals surface area contributed by atoms with Gasteiger partial charge >= 0.3 is 0 Å². The van der Waals surface area contributed by atoms with Gasteiger partial charge in [-0.15, -0.1) is 0 Å². The molecule has 0 aliphatic carbocycles. The van der Waals surface area contributed by atoms with Gasteiger partial charge in [-0.1, -0.05) is 41.9 Å². The zero-order valence-electron chi connectivity index (χ0n) is 16.7. The smallest absolute Gasteiger partial charge is 0.251 e. The van der Waals surface area contributed by atoms with Crippen molar-refractivity contribution in [1.82, 2.24) is 10.3 Å². The molecule has 0 spiro atoms. The summed E-state index contributed by atoms with van der Waals surface area (Å²) in [7, 11) is 0. The van der Waals surface area contributed by atoms with Crippen molar-refractivity contribution in [1.29, 1.82) is 0 Å². The predicted octanol–water partition coefficient (Wildman–Crippen LogP) is 4.67. The minimum absolute atomic E-state index is 0.112. The molecule has 5 nitrogen and oxygen atoms in total. The topological polar surface area (TPSA) is 74.0 Å². The molecule has 0 aliphatic rings. The molecule has 2 aromatic carbocycles. The van der Waals surface area contributed by atoms with Crippen LogP contribution in [-0.4, -0.2) is 17.4 Å². The van der Waals surface area contributed by atoms with Crippen molar-refractivity contribution in [2.24, 2.45) is 0 Å². The van der Waals surface area contributed by atoms with Gasteiger partial charge in [0, 0.05) is 46.7 Å². The fraction of sp³-hybridized carbons (Fsp3) is 0.217. The van der Waals surface area contributed by atoms with Crippen molar-refractivity contribution in [2.45, 2.75) is 27.3 Å². The summed E-state index contributed by atoms with van der Waals surface area (Å²) in [5.74, 6) is -0.275. The lowest BCUT2D eigenvalue weighted by molar-refractivity contribution is 0.0950. The van der Waals surface area contributed by atoms with Gasteiger partial charge in [0.2, 0.25) is 0 Å². The van der Waals surface area contributed by atoms with Crippen molar-refractivity contribution in [3.05, 3.63) is 86.2 Å². The van der Waals surface area contributed by atoms with Crippen molar-refractivity contribution in [2.75, 3.05) is 11.9 Å². The van der Waals surface area contributed by atoms with E-state index in [4.69, 9.17) is 11.6 Å². The highest BCUT2D eigenvalue weighted by Gasteiger charge is 2.16. The predicted molar refractivity (Wildman–Crippen MR) is 119 cm³/mol. The number of carbonyl (C=O) groups excluding carboxylic acids is 1. The average Bonchev–Trinajstić information content (AvgIpc) is 2.70. The van der Waals surface area contributed by atoms with Crippen LogP contribution in [0.5, 0.6) is 0 Å². The fourth-order valence-corrected chi connectivity index (χ4v) is 3.51. The zero-order chi connectivity index (χ0) is 21.0. The van der Waals surface area contributed by atoms with E-state index in [2.05, 4.69) is 15.6 Å². The van der Waals surface area contributed by atoms with Crippen LogP contribution in [0, 0.1) is 13.8 Å². The van der Waals surface area contributed by atoms with E-state index < -0.39 is 0 Å². The molecule has 0 bridgehead atoms. The summed E-state index contributed by atoms with van der Waals surface area (Å²) >= 11 is 6.19. The van der Waals surface area contributed by atoms with Gasteiger partial charge in [0.05, 0.1) is 5.69 Å². The SMILES string of the molecule is CCNc1cc(Cl)cc(C(=O)NCc2c(-c3ccccc3)[nH]c(C)cc2=O)c1C. The number of aryl methyl sites for hydroxylation is 1. The van der Waals surface area contributed by atoms with Crippen LogP contribution in [0.1, 0.15) is 34.1 Å². The Labute approximate surface area is 175 Å². The van der Waals surface area contributed by atoms with Crippen LogP contribution in [0.4, 0.5) is 5.69 Å². The van der Waals surface area contributed by atoms with E-state index in [-0.39, 0.29) is 17.9 Å². The van der Waals surface area contributed by atoms with E-state index in [9.17, 15) is 9.59 Å². The molecular formula is C23H24ClN3O2. The van der Waals surface area contributed by atoms with Crippen LogP contribution in [0.15, 0.2) is 53.3 Å². The lowest BCUT2D eigenvalue weighted by Crippen LogP contribution is -2.27. The zero-order valence-corrected chi connectivity index (χ0v) is 17.5. The fourth-order valence-electron chi connectivity index (χ4n) is 3.30. The van der Waals surface area contributed by atoms with Crippen LogP contribution in [-0.2, 0) is 6.54 Å². The standard InChI is InChI=1S/C23H24ClN3O2/c1-4-25-20-12-17(24)11-18(15(20)3)23(29)26-13-19-21(28)10-14(2)27-22(19)16-8-6-5-7-9-16/h5-12,25H,4,13H2,1-3H3,(H,26,29)(H,27,28). The average molecular weight is 410 g/mol. The number of benzene rings is 2. The molecule has 3 rings (SSSR count).